The zero-order valence-corrected chi connectivity index (χ0v) is 20.5. The zero-order chi connectivity index (χ0) is 24.3. The molecule has 1 saturated carbocycles. The number of rotatable bonds is 9. The van der Waals surface area contributed by atoms with Crippen molar-refractivity contribution in [3.05, 3.63) is 42.6 Å². The van der Waals surface area contributed by atoms with Crippen LogP contribution in [0.15, 0.2) is 42.6 Å². The number of nitrogens with zero attached hydrogens (tertiary/aromatic N) is 5. The highest BCUT2D eigenvalue weighted by Gasteiger charge is 2.35. The van der Waals surface area contributed by atoms with Gasteiger partial charge in [0.15, 0.2) is 12.6 Å². The Kier molecular flexibility index (Phi) is 6.79. The molecule has 0 radical (unpaired) electrons. The van der Waals surface area contributed by atoms with E-state index in [1.54, 1.807) is 20.4 Å². The van der Waals surface area contributed by atoms with E-state index in [2.05, 4.69) is 37.5 Å². The van der Waals surface area contributed by atoms with Crippen LogP contribution in [-0.4, -0.2) is 66.1 Å². The molecule has 2 aromatic heterocycles. The van der Waals surface area contributed by atoms with E-state index < -0.39 is 0 Å². The second-order valence-corrected chi connectivity index (χ2v) is 9.52. The van der Waals surface area contributed by atoms with Gasteiger partial charge in [0, 0.05) is 49.0 Å². The number of benzene rings is 1. The lowest BCUT2D eigenvalue weighted by atomic mass is 9.78. The molecule has 1 saturated heterocycles. The van der Waals surface area contributed by atoms with E-state index in [-0.39, 0.29) is 6.79 Å². The topological polar surface area (TPSA) is 94.5 Å². The van der Waals surface area contributed by atoms with Gasteiger partial charge in [0.25, 0.3) is 0 Å². The van der Waals surface area contributed by atoms with Gasteiger partial charge in [-0.25, -0.2) is 0 Å². The minimum Gasteiger partial charge on any atom is -0.480 e. The Morgan fingerprint density at radius 1 is 1.06 bits per heavy atom. The van der Waals surface area contributed by atoms with Gasteiger partial charge in [0.1, 0.15) is 5.75 Å². The molecule has 2 aliphatic rings. The Balaban J connectivity index is 1.34. The lowest BCUT2D eigenvalue weighted by molar-refractivity contribution is 0.0515. The van der Waals surface area contributed by atoms with Crippen LogP contribution in [0.5, 0.6) is 11.6 Å². The van der Waals surface area contributed by atoms with Crippen LogP contribution in [0.1, 0.15) is 32.6 Å². The number of hydrogen-bond acceptors (Lipinski definition) is 9. The predicted octanol–water partition coefficient (Wildman–Crippen LogP) is 3.70. The predicted molar refractivity (Wildman–Crippen MR) is 134 cm³/mol. The average molecular weight is 477 g/mol. The second kappa shape index (κ2) is 10.1. The van der Waals surface area contributed by atoms with Crippen molar-refractivity contribution < 1.29 is 14.2 Å². The zero-order valence-electron chi connectivity index (χ0n) is 20.5. The molecule has 0 bridgehead atoms. The van der Waals surface area contributed by atoms with Gasteiger partial charge in [-0.3, -0.25) is 0 Å². The van der Waals surface area contributed by atoms with E-state index in [1.165, 1.54) is 19.3 Å². The van der Waals surface area contributed by atoms with Crippen LogP contribution >= 0.6 is 0 Å². The number of aromatic nitrogens is 4. The fourth-order valence-electron chi connectivity index (χ4n) is 4.83. The molecule has 9 nitrogen and oxygen atoms in total. The Morgan fingerprint density at radius 3 is 2.66 bits per heavy atom. The molecule has 1 aliphatic heterocycles. The van der Waals surface area contributed by atoms with Gasteiger partial charge in [0.05, 0.1) is 19.0 Å². The third kappa shape index (κ3) is 5.21. The smallest absolute Gasteiger partial charge is 0.233 e. The van der Waals surface area contributed by atoms with Gasteiger partial charge in [-0.1, -0.05) is 6.07 Å². The Labute approximate surface area is 205 Å². The van der Waals surface area contributed by atoms with Crippen LogP contribution in [0.2, 0.25) is 0 Å². The highest BCUT2D eigenvalue weighted by molar-refractivity contribution is 5.74. The van der Waals surface area contributed by atoms with Crippen molar-refractivity contribution in [1.82, 2.24) is 25.7 Å². The van der Waals surface area contributed by atoms with E-state index in [0.717, 1.165) is 47.7 Å². The maximum Gasteiger partial charge on any atom is 0.233 e. The molecule has 0 spiro atoms. The summed E-state index contributed by atoms with van der Waals surface area (Å²) >= 11 is 0. The van der Waals surface area contributed by atoms with Crippen LogP contribution in [0.25, 0.3) is 22.4 Å². The lowest BCUT2D eigenvalue weighted by Gasteiger charge is -2.41. The molecule has 1 N–H and O–H groups in total. The first-order chi connectivity index (χ1) is 17.1. The molecule has 9 heteroatoms. The largest absolute Gasteiger partial charge is 0.480 e. The molecule has 0 amide bonds. The first-order valence-electron chi connectivity index (χ1n) is 12.1. The summed E-state index contributed by atoms with van der Waals surface area (Å²) in [6.45, 7) is 4.41. The van der Waals surface area contributed by atoms with Crippen molar-refractivity contribution in [3.63, 3.8) is 0 Å². The molecule has 3 heterocycles. The SMILES string of the molecule is COCOc1cc(-c2cnnc(OC)c2)ccc1-c1ccc(N2CCC(NC3(C)CCC3)C2)nn1. The molecular weight excluding hydrogens is 444 g/mol. The highest BCUT2D eigenvalue weighted by atomic mass is 16.7. The maximum absolute atomic E-state index is 5.89. The monoisotopic (exact) mass is 476 g/mol. The van der Waals surface area contributed by atoms with Crippen LogP contribution in [0.3, 0.4) is 0 Å². The van der Waals surface area contributed by atoms with E-state index in [0.29, 0.717) is 23.2 Å². The molecular formula is C26H32N6O3. The van der Waals surface area contributed by atoms with Gasteiger partial charge < -0.3 is 24.4 Å². The van der Waals surface area contributed by atoms with Gasteiger partial charge in [-0.2, -0.15) is 5.10 Å². The Morgan fingerprint density at radius 2 is 1.94 bits per heavy atom. The van der Waals surface area contributed by atoms with Crippen LogP contribution in [0, 0.1) is 0 Å². The maximum atomic E-state index is 5.89. The summed E-state index contributed by atoms with van der Waals surface area (Å²) in [6.07, 6.45) is 6.70. The van der Waals surface area contributed by atoms with Crippen LogP contribution < -0.4 is 19.7 Å². The Bertz CT molecular complexity index is 1150. The number of anilines is 1. The highest BCUT2D eigenvalue weighted by Crippen LogP contribution is 2.35. The molecule has 2 fully saturated rings. The molecule has 1 atom stereocenters. The van der Waals surface area contributed by atoms with Gasteiger partial charge in [0.2, 0.25) is 5.88 Å². The number of ether oxygens (including phenoxy) is 3. The number of hydrogen-bond donors (Lipinski definition) is 1. The summed E-state index contributed by atoms with van der Waals surface area (Å²) in [7, 11) is 3.17. The third-order valence-corrected chi connectivity index (χ3v) is 6.94. The summed E-state index contributed by atoms with van der Waals surface area (Å²) in [5.74, 6) is 2.01. The number of methoxy groups -OCH3 is 2. The summed E-state index contributed by atoms with van der Waals surface area (Å²) < 4.78 is 16.2. The third-order valence-electron chi connectivity index (χ3n) is 6.94. The first-order valence-corrected chi connectivity index (χ1v) is 12.1. The van der Waals surface area contributed by atoms with E-state index in [1.807, 2.05) is 36.4 Å². The van der Waals surface area contributed by atoms with Crippen molar-refractivity contribution in [2.75, 3.05) is 39.0 Å². The van der Waals surface area contributed by atoms with E-state index in [4.69, 9.17) is 14.2 Å². The summed E-state index contributed by atoms with van der Waals surface area (Å²) in [5.41, 5.74) is 3.71. The fraction of sp³-hybridized carbons (Fsp3) is 0.462. The number of nitrogens with one attached hydrogen (secondary N) is 1. The van der Waals surface area contributed by atoms with Crippen molar-refractivity contribution in [2.24, 2.45) is 0 Å². The van der Waals surface area contributed by atoms with Gasteiger partial charge in [-0.05, 0) is 62.4 Å². The standard InChI is InChI=1S/C26H32N6O3/c1-26(10-4-11-26)28-20-9-12-32(16-20)24-8-7-22(29-30-24)21-6-5-18(13-23(21)35-17-33-2)19-14-25(34-3)31-27-15-19/h5-8,13-15,20,28H,4,9-12,16-17H2,1-3H3. The lowest BCUT2D eigenvalue weighted by Crippen LogP contribution is -2.53. The molecule has 5 rings (SSSR count). The minimum absolute atomic E-state index is 0.126. The minimum atomic E-state index is 0.126. The second-order valence-electron chi connectivity index (χ2n) is 9.52. The van der Waals surface area contributed by atoms with E-state index in [9.17, 15) is 0 Å². The summed E-state index contributed by atoms with van der Waals surface area (Å²) in [4.78, 5) is 2.31. The van der Waals surface area contributed by atoms with Crippen molar-refractivity contribution in [1.29, 1.82) is 0 Å². The summed E-state index contributed by atoms with van der Waals surface area (Å²) in [5, 5.41) is 20.9. The van der Waals surface area contributed by atoms with Crippen molar-refractivity contribution >= 4 is 5.82 Å². The van der Waals surface area contributed by atoms with Gasteiger partial charge in [-0.15, -0.1) is 15.3 Å². The van der Waals surface area contributed by atoms with Crippen molar-refractivity contribution in [2.45, 2.75) is 44.2 Å². The molecule has 184 valence electrons. The fourth-order valence-corrected chi connectivity index (χ4v) is 4.83. The molecule has 1 aliphatic carbocycles. The van der Waals surface area contributed by atoms with Crippen LogP contribution in [0.4, 0.5) is 5.82 Å². The Hall–Kier alpha value is -3.30. The first kappa shape index (κ1) is 23.4. The van der Waals surface area contributed by atoms with Crippen molar-refractivity contribution in [3.8, 4) is 34.0 Å². The molecule has 1 unspecified atom stereocenters. The van der Waals surface area contributed by atoms with E-state index >= 15 is 0 Å². The normalized spacial score (nSPS) is 18.8. The van der Waals surface area contributed by atoms with Crippen LogP contribution in [-0.2, 0) is 4.74 Å². The average Bonchev–Trinajstić information content (AvgIpc) is 3.34. The summed E-state index contributed by atoms with van der Waals surface area (Å²) in [6, 6.07) is 12.3. The van der Waals surface area contributed by atoms with Gasteiger partial charge >= 0.3 is 0 Å². The molecule has 1 aromatic carbocycles. The molecule has 3 aromatic rings. The molecule has 35 heavy (non-hydrogen) atoms. The quantitative estimate of drug-likeness (QED) is 0.464.